The molecule has 0 spiro atoms. The number of halogens is 1. The highest BCUT2D eigenvalue weighted by Crippen LogP contribution is 2.28. The van der Waals surface area contributed by atoms with Crippen molar-refractivity contribution in [1.29, 1.82) is 0 Å². The molecule has 35 heavy (non-hydrogen) atoms. The monoisotopic (exact) mass is 496 g/mol. The van der Waals surface area contributed by atoms with Crippen molar-refractivity contribution in [1.82, 2.24) is 15.4 Å². The second-order valence-electron chi connectivity index (χ2n) is 7.63. The van der Waals surface area contributed by atoms with E-state index in [9.17, 15) is 9.50 Å². The van der Waals surface area contributed by atoms with Crippen molar-refractivity contribution in [3.05, 3.63) is 84.0 Å². The number of aromatic nitrogens is 1. The van der Waals surface area contributed by atoms with E-state index in [-0.39, 0.29) is 11.3 Å². The van der Waals surface area contributed by atoms with Crippen LogP contribution in [0.1, 0.15) is 25.2 Å². The molecular formula is C26H29FN4O3S. The Kier molecular flexibility index (Phi) is 8.25. The van der Waals surface area contributed by atoms with Crippen LogP contribution in [-0.2, 0) is 11.3 Å². The number of thioether (sulfide) groups is 1. The molecule has 0 amide bonds. The lowest BCUT2D eigenvalue weighted by atomic mass is 10.1. The van der Waals surface area contributed by atoms with Crippen LogP contribution in [0.5, 0.6) is 0 Å². The molecule has 1 aliphatic heterocycles. The van der Waals surface area contributed by atoms with Crippen LogP contribution >= 0.6 is 11.8 Å². The minimum atomic E-state index is -0.827. The summed E-state index contributed by atoms with van der Waals surface area (Å²) in [6, 6.07) is 18.6. The van der Waals surface area contributed by atoms with E-state index in [0.717, 1.165) is 27.8 Å². The molecule has 4 aromatic rings. The summed E-state index contributed by atoms with van der Waals surface area (Å²) < 4.78 is 26.2. The predicted molar refractivity (Wildman–Crippen MR) is 139 cm³/mol. The normalized spacial score (nSPS) is 15.9. The third-order valence-electron chi connectivity index (χ3n) is 5.39. The maximum atomic E-state index is 13.2. The van der Waals surface area contributed by atoms with Gasteiger partial charge < -0.3 is 24.3 Å². The van der Waals surface area contributed by atoms with Gasteiger partial charge in [0.05, 0.1) is 0 Å². The number of methoxy groups -OCH3 is 1. The first-order valence-electron chi connectivity index (χ1n) is 11.4. The maximum absolute atomic E-state index is 13.2. The van der Waals surface area contributed by atoms with Gasteiger partial charge >= 0.3 is 0 Å². The summed E-state index contributed by atoms with van der Waals surface area (Å²) in [6.45, 7) is 4.67. The molecular weight excluding hydrogens is 467 g/mol. The smallest absolute Gasteiger partial charge is 0.181 e. The molecule has 0 saturated carbocycles. The van der Waals surface area contributed by atoms with Crippen molar-refractivity contribution in [2.24, 2.45) is 4.99 Å². The molecule has 7 nitrogen and oxygen atoms in total. The third kappa shape index (κ3) is 5.94. The second kappa shape index (κ2) is 11.5. The highest BCUT2D eigenvalue weighted by atomic mass is 32.2. The SMILES string of the molecule is CC.COC(O)CSC1N=C(c2ccc(-c3ccc4c(ccn4Cc4ccc(F)cc4)c3)o2)NN1. The number of rotatable bonds is 8. The predicted octanol–water partition coefficient (Wildman–Crippen LogP) is 4.95. The summed E-state index contributed by atoms with van der Waals surface area (Å²) in [5.74, 6) is 2.15. The van der Waals surface area contributed by atoms with E-state index in [2.05, 4.69) is 38.6 Å². The van der Waals surface area contributed by atoms with E-state index in [0.29, 0.717) is 23.9 Å². The lowest BCUT2D eigenvalue weighted by molar-refractivity contribution is -0.0546. The lowest BCUT2D eigenvalue weighted by Crippen LogP contribution is -2.34. The minimum absolute atomic E-state index is 0.229. The number of hydrogen-bond acceptors (Lipinski definition) is 7. The van der Waals surface area contributed by atoms with Gasteiger partial charge in [0.2, 0.25) is 0 Å². The van der Waals surface area contributed by atoms with E-state index in [1.807, 2.05) is 38.2 Å². The van der Waals surface area contributed by atoms with E-state index in [4.69, 9.17) is 9.15 Å². The Morgan fingerprint density at radius 2 is 1.89 bits per heavy atom. The van der Waals surface area contributed by atoms with Gasteiger partial charge in [-0.3, -0.25) is 0 Å². The number of hydrogen-bond donors (Lipinski definition) is 3. The average molecular weight is 497 g/mol. The molecule has 2 aromatic heterocycles. The van der Waals surface area contributed by atoms with Crippen LogP contribution in [0.15, 0.2) is 76.3 Å². The molecule has 0 radical (unpaired) electrons. The molecule has 3 heterocycles. The van der Waals surface area contributed by atoms with Gasteiger partial charge in [-0.05, 0) is 54.1 Å². The highest BCUT2D eigenvalue weighted by molar-refractivity contribution is 7.99. The first kappa shape index (κ1) is 25.0. The Labute approximate surface area is 208 Å². The average Bonchev–Trinajstić information content (AvgIpc) is 3.65. The fourth-order valence-corrected chi connectivity index (χ4v) is 4.46. The van der Waals surface area contributed by atoms with Crippen molar-refractivity contribution < 1.29 is 18.7 Å². The summed E-state index contributed by atoms with van der Waals surface area (Å²) in [6.07, 6.45) is 1.21. The zero-order chi connectivity index (χ0) is 24.8. The van der Waals surface area contributed by atoms with E-state index >= 15 is 0 Å². The van der Waals surface area contributed by atoms with E-state index < -0.39 is 6.29 Å². The Hall–Kier alpha value is -3.11. The van der Waals surface area contributed by atoms with Crippen molar-refractivity contribution in [2.75, 3.05) is 12.9 Å². The van der Waals surface area contributed by atoms with Crippen LogP contribution in [0.3, 0.4) is 0 Å². The fraction of sp³-hybridized carbons (Fsp3) is 0.269. The number of furan rings is 1. The topological polar surface area (TPSA) is 84.0 Å². The summed E-state index contributed by atoms with van der Waals surface area (Å²) in [5.41, 5.74) is 8.93. The molecule has 2 aromatic carbocycles. The number of benzene rings is 2. The minimum Gasteiger partial charge on any atom is -0.453 e. The molecule has 9 heteroatoms. The van der Waals surface area contributed by atoms with Crippen LogP contribution in [0.25, 0.3) is 22.2 Å². The van der Waals surface area contributed by atoms with Crippen molar-refractivity contribution in [3.63, 3.8) is 0 Å². The molecule has 0 aliphatic carbocycles. The maximum Gasteiger partial charge on any atom is 0.181 e. The standard InChI is InChI=1S/C24H23FN4O3S.C2H6/c1-31-22(30)14-33-24-26-23(27-28-24)21-9-8-20(32-21)17-4-7-19-16(12-17)10-11-29(19)13-15-2-5-18(25)6-3-15;1-2/h2-12,22,24,28,30H,13-14H2,1H3,(H,26,27);1-2H3. The zero-order valence-electron chi connectivity index (χ0n) is 19.9. The van der Waals surface area contributed by atoms with Crippen LogP contribution in [0, 0.1) is 5.82 Å². The lowest BCUT2D eigenvalue weighted by Gasteiger charge is -2.10. The number of hydrazine groups is 1. The number of ether oxygens (including phenoxy) is 1. The number of aliphatic hydroxyl groups excluding tert-OH is 1. The Balaban J connectivity index is 0.00000141. The molecule has 0 bridgehead atoms. The van der Waals surface area contributed by atoms with Crippen LogP contribution in [0.4, 0.5) is 4.39 Å². The molecule has 2 unspecified atom stereocenters. The number of aliphatic imine (C=N–C) groups is 1. The third-order valence-corrected chi connectivity index (χ3v) is 6.41. The zero-order valence-corrected chi connectivity index (χ0v) is 20.7. The van der Waals surface area contributed by atoms with Gasteiger partial charge in [0, 0.05) is 42.1 Å². The first-order valence-corrected chi connectivity index (χ1v) is 12.5. The number of aliphatic hydroxyl groups is 1. The Morgan fingerprint density at radius 1 is 1.11 bits per heavy atom. The van der Waals surface area contributed by atoms with Gasteiger partial charge in [0.1, 0.15) is 11.6 Å². The quantitative estimate of drug-likeness (QED) is 0.299. The van der Waals surface area contributed by atoms with Gasteiger partial charge in [-0.25, -0.2) is 14.8 Å². The van der Waals surface area contributed by atoms with Gasteiger partial charge in [0.25, 0.3) is 0 Å². The van der Waals surface area contributed by atoms with Crippen LogP contribution in [-0.4, -0.2) is 40.2 Å². The first-order chi connectivity index (χ1) is 17.1. The second-order valence-corrected chi connectivity index (χ2v) is 8.74. The van der Waals surface area contributed by atoms with Crippen LogP contribution < -0.4 is 10.9 Å². The van der Waals surface area contributed by atoms with Gasteiger partial charge in [-0.2, -0.15) is 0 Å². The van der Waals surface area contributed by atoms with Crippen molar-refractivity contribution in [2.45, 2.75) is 32.2 Å². The highest BCUT2D eigenvalue weighted by Gasteiger charge is 2.21. The van der Waals surface area contributed by atoms with Gasteiger partial charge in [-0.1, -0.05) is 26.0 Å². The molecule has 5 rings (SSSR count). The summed E-state index contributed by atoms with van der Waals surface area (Å²) in [7, 11) is 1.46. The molecule has 0 fully saturated rings. The molecule has 1 aliphatic rings. The Morgan fingerprint density at radius 3 is 2.66 bits per heavy atom. The number of fused-ring (bicyclic) bond motifs is 1. The van der Waals surface area contributed by atoms with E-state index in [1.165, 1.54) is 31.0 Å². The number of nitrogens with one attached hydrogen (secondary N) is 2. The van der Waals surface area contributed by atoms with Gasteiger partial charge in [0.15, 0.2) is 23.4 Å². The summed E-state index contributed by atoms with van der Waals surface area (Å²) >= 11 is 1.42. The molecule has 184 valence electrons. The molecule has 2 atom stereocenters. The Bertz CT molecular complexity index is 1290. The van der Waals surface area contributed by atoms with E-state index in [1.54, 1.807) is 12.1 Å². The largest absolute Gasteiger partial charge is 0.453 e. The fourth-order valence-electron chi connectivity index (χ4n) is 3.66. The number of amidine groups is 1. The van der Waals surface area contributed by atoms with Crippen molar-refractivity contribution in [3.8, 4) is 11.3 Å². The van der Waals surface area contributed by atoms with Crippen LogP contribution in [0.2, 0.25) is 0 Å². The molecule has 0 saturated heterocycles. The number of nitrogens with zero attached hydrogens (tertiary/aromatic N) is 2. The summed E-state index contributed by atoms with van der Waals surface area (Å²) in [4.78, 5) is 4.54. The molecule has 3 N–H and O–H groups in total. The summed E-state index contributed by atoms with van der Waals surface area (Å²) in [5, 5.41) is 10.6. The van der Waals surface area contributed by atoms with Crippen molar-refractivity contribution >= 4 is 28.5 Å². The van der Waals surface area contributed by atoms with Gasteiger partial charge in [-0.15, -0.1) is 11.8 Å².